The lowest BCUT2D eigenvalue weighted by molar-refractivity contribution is -0.139. The van der Waals surface area contributed by atoms with Gasteiger partial charge in [0.15, 0.2) is 0 Å². The molecule has 0 spiro atoms. The van der Waals surface area contributed by atoms with Crippen molar-refractivity contribution in [1.82, 2.24) is 15.5 Å². The molecule has 0 aromatic heterocycles. The molecular formula is C26H31ClN4O3. The summed E-state index contributed by atoms with van der Waals surface area (Å²) in [7, 11) is 0. The third-order valence-corrected chi connectivity index (χ3v) is 6.78. The van der Waals surface area contributed by atoms with Crippen molar-refractivity contribution < 1.29 is 14.3 Å². The Bertz CT molecular complexity index is 1090. The highest BCUT2D eigenvalue weighted by atomic mass is 35.5. The molecule has 2 aliphatic heterocycles. The topological polar surface area (TPSA) is 73.9 Å². The Morgan fingerprint density at radius 3 is 2.47 bits per heavy atom. The molecule has 2 aliphatic rings. The van der Waals surface area contributed by atoms with E-state index in [2.05, 4.69) is 52.5 Å². The Morgan fingerprint density at radius 1 is 1.09 bits per heavy atom. The molecule has 0 radical (unpaired) electrons. The minimum atomic E-state index is -0.601. The molecule has 1 atom stereocenters. The summed E-state index contributed by atoms with van der Waals surface area (Å²) in [5.74, 6) is -0.432. The fourth-order valence-electron chi connectivity index (χ4n) is 4.55. The van der Waals surface area contributed by atoms with Gasteiger partial charge < -0.3 is 20.3 Å². The molecule has 1 saturated heterocycles. The first-order chi connectivity index (χ1) is 16.4. The van der Waals surface area contributed by atoms with E-state index in [1.807, 2.05) is 12.1 Å². The zero-order chi connectivity index (χ0) is 24.2. The number of carbonyl (C=O) groups excluding carboxylic acids is 2. The number of amides is 2. The van der Waals surface area contributed by atoms with Crippen LogP contribution in [0.2, 0.25) is 5.02 Å². The quantitative estimate of drug-likeness (QED) is 0.610. The van der Waals surface area contributed by atoms with Crippen LogP contribution in [-0.4, -0.2) is 56.2 Å². The Kier molecular flexibility index (Phi) is 7.44. The number of halogens is 1. The number of esters is 1. The number of carbonyl (C=O) groups is 2. The second-order valence-electron chi connectivity index (χ2n) is 8.68. The molecule has 8 heteroatoms. The van der Waals surface area contributed by atoms with E-state index in [9.17, 15) is 9.59 Å². The van der Waals surface area contributed by atoms with E-state index in [1.165, 1.54) is 16.8 Å². The monoisotopic (exact) mass is 482 g/mol. The van der Waals surface area contributed by atoms with E-state index >= 15 is 0 Å². The largest absolute Gasteiger partial charge is 0.463 e. The zero-order valence-electron chi connectivity index (χ0n) is 19.9. The van der Waals surface area contributed by atoms with E-state index in [-0.39, 0.29) is 12.6 Å². The maximum Gasteiger partial charge on any atom is 0.338 e. The van der Waals surface area contributed by atoms with Crippen molar-refractivity contribution in [3.8, 4) is 0 Å². The van der Waals surface area contributed by atoms with E-state index in [0.29, 0.717) is 22.8 Å². The van der Waals surface area contributed by atoms with Gasteiger partial charge in [-0.1, -0.05) is 35.9 Å². The number of aryl methyl sites for hydroxylation is 1. The van der Waals surface area contributed by atoms with Crippen molar-refractivity contribution in [3.05, 3.63) is 75.4 Å². The van der Waals surface area contributed by atoms with Crippen LogP contribution in [0.4, 0.5) is 10.5 Å². The molecule has 7 nitrogen and oxygen atoms in total. The molecule has 0 aliphatic carbocycles. The van der Waals surface area contributed by atoms with Crippen LogP contribution < -0.4 is 15.5 Å². The van der Waals surface area contributed by atoms with Crippen LogP contribution in [-0.2, 0) is 9.53 Å². The van der Waals surface area contributed by atoms with Crippen molar-refractivity contribution in [2.75, 3.05) is 44.2 Å². The Morgan fingerprint density at radius 2 is 1.79 bits per heavy atom. The first-order valence-corrected chi connectivity index (χ1v) is 12.0. The fourth-order valence-corrected chi connectivity index (χ4v) is 4.67. The molecular weight excluding hydrogens is 452 g/mol. The van der Waals surface area contributed by atoms with Gasteiger partial charge in [-0.3, -0.25) is 4.90 Å². The Labute approximate surface area is 205 Å². The predicted molar refractivity (Wildman–Crippen MR) is 134 cm³/mol. The number of urea groups is 1. The third kappa shape index (κ3) is 5.21. The summed E-state index contributed by atoms with van der Waals surface area (Å²) in [5, 5.41) is 6.33. The molecule has 34 heavy (non-hydrogen) atoms. The molecule has 1 fully saturated rings. The standard InChI is InChI=1S/C26H31ClN4O3/c1-4-34-25(32)23-21(28-26(33)29-24(23)19-8-10-20(27)11-9-19)16-30-12-14-31(15-13-30)22-7-5-6-17(2)18(22)3/h5-11,24H,4,12-16H2,1-3H3,(H2,28,29,33)/t24-/m0/s1. The second kappa shape index (κ2) is 10.5. The number of hydrogen-bond donors (Lipinski definition) is 2. The van der Waals surface area contributed by atoms with E-state index < -0.39 is 12.0 Å². The molecule has 0 unspecified atom stereocenters. The lowest BCUT2D eigenvalue weighted by Crippen LogP contribution is -2.52. The average molecular weight is 483 g/mol. The maximum atomic E-state index is 13.0. The van der Waals surface area contributed by atoms with Gasteiger partial charge in [-0.15, -0.1) is 0 Å². The van der Waals surface area contributed by atoms with Gasteiger partial charge in [0.2, 0.25) is 0 Å². The van der Waals surface area contributed by atoms with Gasteiger partial charge >= 0.3 is 12.0 Å². The number of nitrogens with zero attached hydrogens (tertiary/aromatic N) is 2. The fraction of sp³-hybridized carbons (Fsp3) is 0.385. The van der Waals surface area contributed by atoms with Crippen molar-refractivity contribution in [1.29, 1.82) is 0 Å². The van der Waals surface area contributed by atoms with Crippen LogP contribution in [0.1, 0.15) is 29.7 Å². The summed E-state index contributed by atoms with van der Waals surface area (Å²) < 4.78 is 5.37. The van der Waals surface area contributed by atoms with Crippen LogP contribution in [0.5, 0.6) is 0 Å². The molecule has 2 aromatic rings. The molecule has 2 amide bonds. The van der Waals surface area contributed by atoms with E-state index in [0.717, 1.165) is 31.7 Å². The van der Waals surface area contributed by atoms with E-state index in [1.54, 1.807) is 19.1 Å². The lowest BCUT2D eigenvalue weighted by atomic mass is 9.95. The van der Waals surface area contributed by atoms with Crippen molar-refractivity contribution in [3.63, 3.8) is 0 Å². The normalized spacial score (nSPS) is 19.0. The number of hydrogen-bond acceptors (Lipinski definition) is 5. The maximum absolute atomic E-state index is 13.0. The summed E-state index contributed by atoms with van der Waals surface area (Å²) in [5.41, 5.74) is 5.65. The summed E-state index contributed by atoms with van der Waals surface area (Å²) in [6.45, 7) is 10.2. The first-order valence-electron chi connectivity index (χ1n) is 11.6. The number of anilines is 1. The molecule has 2 N–H and O–H groups in total. The number of piperazine rings is 1. The molecule has 0 saturated carbocycles. The third-order valence-electron chi connectivity index (χ3n) is 6.52. The second-order valence-corrected chi connectivity index (χ2v) is 9.11. The van der Waals surface area contributed by atoms with Crippen molar-refractivity contribution >= 4 is 29.3 Å². The molecule has 0 bridgehead atoms. The summed E-state index contributed by atoms with van der Waals surface area (Å²) >= 11 is 6.05. The average Bonchev–Trinajstić information content (AvgIpc) is 2.82. The van der Waals surface area contributed by atoms with Crippen LogP contribution >= 0.6 is 11.6 Å². The van der Waals surface area contributed by atoms with Crippen molar-refractivity contribution in [2.24, 2.45) is 0 Å². The van der Waals surface area contributed by atoms with Crippen LogP contribution in [0.15, 0.2) is 53.7 Å². The minimum absolute atomic E-state index is 0.255. The van der Waals surface area contributed by atoms with Gasteiger partial charge in [-0.05, 0) is 55.7 Å². The SMILES string of the molecule is CCOC(=O)C1=C(CN2CCN(c3cccc(C)c3C)CC2)NC(=O)N[C@H]1c1ccc(Cl)cc1. The first kappa shape index (κ1) is 24.1. The minimum Gasteiger partial charge on any atom is -0.463 e. The summed E-state index contributed by atoms with van der Waals surface area (Å²) in [6.07, 6.45) is 0. The zero-order valence-corrected chi connectivity index (χ0v) is 20.6. The van der Waals surface area contributed by atoms with Crippen LogP contribution in [0, 0.1) is 13.8 Å². The summed E-state index contributed by atoms with van der Waals surface area (Å²) in [4.78, 5) is 30.2. The number of rotatable bonds is 6. The Balaban J connectivity index is 1.56. The number of benzene rings is 2. The van der Waals surface area contributed by atoms with Gasteiger partial charge in [-0.25, -0.2) is 9.59 Å². The van der Waals surface area contributed by atoms with Gasteiger partial charge in [0.05, 0.1) is 18.2 Å². The Hall–Kier alpha value is -3.03. The van der Waals surface area contributed by atoms with Gasteiger partial charge in [0.25, 0.3) is 0 Å². The van der Waals surface area contributed by atoms with Gasteiger partial charge in [-0.2, -0.15) is 0 Å². The molecule has 180 valence electrons. The predicted octanol–water partition coefficient (Wildman–Crippen LogP) is 3.95. The highest BCUT2D eigenvalue weighted by Crippen LogP contribution is 2.30. The molecule has 4 rings (SSSR count). The number of ether oxygens (including phenoxy) is 1. The highest BCUT2D eigenvalue weighted by molar-refractivity contribution is 6.30. The van der Waals surface area contributed by atoms with Crippen LogP contribution in [0.25, 0.3) is 0 Å². The van der Waals surface area contributed by atoms with Crippen molar-refractivity contribution in [2.45, 2.75) is 26.8 Å². The molecule has 2 aromatic carbocycles. The molecule has 2 heterocycles. The number of nitrogens with one attached hydrogen (secondary N) is 2. The van der Waals surface area contributed by atoms with Gasteiger partial charge in [0.1, 0.15) is 0 Å². The smallest absolute Gasteiger partial charge is 0.338 e. The van der Waals surface area contributed by atoms with E-state index in [4.69, 9.17) is 16.3 Å². The lowest BCUT2D eigenvalue weighted by Gasteiger charge is -2.38. The van der Waals surface area contributed by atoms with Gasteiger partial charge in [0, 0.05) is 49.1 Å². The highest BCUT2D eigenvalue weighted by Gasteiger charge is 2.34. The van der Waals surface area contributed by atoms with Crippen LogP contribution in [0.3, 0.4) is 0 Å². The summed E-state index contributed by atoms with van der Waals surface area (Å²) in [6, 6.07) is 12.6.